The molecule has 1 aliphatic heterocycles. The third-order valence-corrected chi connectivity index (χ3v) is 3.36. The summed E-state index contributed by atoms with van der Waals surface area (Å²) < 4.78 is 0. The highest BCUT2D eigenvalue weighted by molar-refractivity contribution is 5.76. The summed E-state index contributed by atoms with van der Waals surface area (Å²) in [6.07, 6.45) is 9.64. The number of terminal acetylenes is 1. The summed E-state index contributed by atoms with van der Waals surface area (Å²) in [6, 6.07) is 0.996. The van der Waals surface area contributed by atoms with E-state index in [-0.39, 0.29) is 5.91 Å². The maximum absolute atomic E-state index is 11.5. The predicted molar refractivity (Wildman–Crippen MR) is 59.1 cm³/mol. The quantitative estimate of drug-likeness (QED) is 0.666. The number of fused-ring (bicyclic) bond motifs is 2. The molecule has 2 aliphatic rings. The van der Waals surface area contributed by atoms with Crippen LogP contribution in [0.5, 0.6) is 0 Å². The summed E-state index contributed by atoms with van der Waals surface area (Å²) in [5.41, 5.74) is 0. The molecule has 1 amide bonds. The van der Waals surface area contributed by atoms with Crippen LogP contribution in [0.25, 0.3) is 0 Å². The topological polar surface area (TPSA) is 41.1 Å². The van der Waals surface area contributed by atoms with Crippen LogP contribution in [-0.4, -0.2) is 24.5 Å². The van der Waals surface area contributed by atoms with Crippen LogP contribution >= 0.6 is 0 Å². The Hall–Kier alpha value is -1.01. The van der Waals surface area contributed by atoms with E-state index in [0.717, 1.165) is 25.3 Å². The van der Waals surface area contributed by atoms with Crippen molar-refractivity contribution >= 4 is 5.91 Å². The van der Waals surface area contributed by atoms with Crippen LogP contribution in [0.3, 0.4) is 0 Å². The van der Waals surface area contributed by atoms with Crippen molar-refractivity contribution in [2.75, 3.05) is 6.54 Å². The molecular weight excluding hydrogens is 188 g/mol. The molecule has 2 fully saturated rings. The van der Waals surface area contributed by atoms with Gasteiger partial charge in [0.15, 0.2) is 0 Å². The van der Waals surface area contributed by atoms with Gasteiger partial charge in [0.25, 0.3) is 0 Å². The van der Waals surface area contributed by atoms with E-state index in [1.807, 2.05) is 0 Å². The van der Waals surface area contributed by atoms with Gasteiger partial charge >= 0.3 is 0 Å². The maximum Gasteiger partial charge on any atom is 0.221 e. The van der Waals surface area contributed by atoms with Gasteiger partial charge in [0, 0.05) is 24.9 Å². The van der Waals surface area contributed by atoms with Crippen molar-refractivity contribution in [2.24, 2.45) is 5.92 Å². The monoisotopic (exact) mass is 206 g/mol. The molecule has 2 N–H and O–H groups in total. The zero-order chi connectivity index (χ0) is 10.7. The van der Waals surface area contributed by atoms with Gasteiger partial charge in [0.2, 0.25) is 5.91 Å². The van der Waals surface area contributed by atoms with Gasteiger partial charge in [-0.15, -0.1) is 12.3 Å². The first kappa shape index (κ1) is 10.5. The molecule has 0 spiro atoms. The Kier molecular flexibility index (Phi) is 3.27. The second kappa shape index (κ2) is 4.67. The first-order valence-corrected chi connectivity index (χ1v) is 5.74. The summed E-state index contributed by atoms with van der Waals surface area (Å²) >= 11 is 0. The highest BCUT2D eigenvalue weighted by Gasteiger charge is 2.34. The minimum atomic E-state index is 0.110. The van der Waals surface area contributed by atoms with Crippen LogP contribution in [0.2, 0.25) is 0 Å². The molecule has 0 radical (unpaired) electrons. The second-order valence-electron chi connectivity index (χ2n) is 4.65. The van der Waals surface area contributed by atoms with Crippen molar-refractivity contribution in [1.82, 2.24) is 10.6 Å². The highest BCUT2D eigenvalue weighted by Crippen LogP contribution is 2.29. The van der Waals surface area contributed by atoms with E-state index in [1.165, 1.54) is 6.42 Å². The summed E-state index contributed by atoms with van der Waals surface area (Å²) in [4.78, 5) is 11.5. The maximum atomic E-state index is 11.5. The zero-order valence-electron chi connectivity index (χ0n) is 8.96. The number of amides is 1. The molecule has 0 aromatic carbocycles. The molecule has 0 aromatic heterocycles. The third-order valence-electron chi connectivity index (χ3n) is 3.36. The Labute approximate surface area is 91.0 Å². The molecule has 82 valence electrons. The lowest BCUT2D eigenvalue weighted by Gasteiger charge is -2.27. The Morgan fingerprint density at radius 3 is 3.07 bits per heavy atom. The van der Waals surface area contributed by atoms with E-state index in [1.54, 1.807) is 0 Å². The van der Waals surface area contributed by atoms with Gasteiger partial charge in [0.05, 0.1) is 0 Å². The van der Waals surface area contributed by atoms with Crippen molar-refractivity contribution in [1.29, 1.82) is 0 Å². The normalized spacial score (nSPS) is 33.4. The number of rotatable bonds is 3. The first-order chi connectivity index (χ1) is 7.28. The number of hydrogen-bond acceptors (Lipinski definition) is 2. The van der Waals surface area contributed by atoms with Gasteiger partial charge < -0.3 is 10.6 Å². The predicted octanol–water partition coefficient (Wildman–Crippen LogP) is 0.656. The minimum Gasteiger partial charge on any atom is -0.353 e. The van der Waals surface area contributed by atoms with Crippen LogP contribution in [0.1, 0.15) is 32.1 Å². The van der Waals surface area contributed by atoms with E-state index in [4.69, 9.17) is 6.42 Å². The number of carbonyl (C=O) groups excluding carboxylic acids is 1. The molecule has 1 saturated heterocycles. The molecule has 2 rings (SSSR count). The van der Waals surface area contributed by atoms with Crippen molar-refractivity contribution in [3.8, 4) is 12.3 Å². The smallest absolute Gasteiger partial charge is 0.221 e. The van der Waals surface area contributed by atoms with E-state index in [2.05, 4.69) is 16.6 Å². The standard InChI is InChI=1S/C12H18N2O/c1-2-3-4-12(15)14-11-6-9-5-10(7-11)13-8-9/h1,9-11,13H,3-8H2,(H,14,15). The van der Waals surface area contributed by atoms with Crippen molar-refractivity contribution < 1.29 is 4.79 Å². The zero-order valence-corrected chi connectivity index (χ0v) is 8.96. The van der Waals surface area contributed by atoms with Crippen molar-refractivity contribution in [3.63, 3.8) is 0 Å². The lowest BCUT2D eigenvalue weighted by atomic mass is 9.86. The number of nitrogens with one attached hydrogen (secondary N) is 2. The van der Waals surface area contributed by atoms with Crippen molar-refractivity contribution in [2.45, 2.75) is 44.2 Å². The van der Waals surface area contributed by atoms with Gasteiger partial charge in [-0.3, -0.25) is 4.79 Å². The molecule has 15 heavy (non-hydrogen) atoms. The van der Waals surface area contributed by atoms with Crippen LogP contribution in [0.4, 0.5) is 0 Å². The fraction of sp³-hybridized carbons (Fsp3) is 0.750. The third kappa shape index (κ3) is 2.73. The second-order valence-corrected chi connectivity index (χ2v) is 4.65. The van der Waals surface area contributed by atoms with Gasteiger partial charge in [-0.1, -0.05) is 0 Å². The van der Waals surface area contributed by atoms with Crippen LogP contribution in [0.15, 0.2) is 0 Å². The van der Waals surface area contributed by atoms with Gasteiger partial charge in [-0.2, -0.15) is 0 Å². The van der Waals surface area contributed by atoms with E-state index < -0.39 is 0 Å². The minimum absolute atomic E-state index is 0.110. The average Bonchev–Trinajstić information content (AvgIpc) is 2.55. The summed E-state index contributed by atoms with van der Waals surface area (Å²) in [6.45, 7) is 1.13. The summed E-state index contributed by atoms with van der Waals surface area (Å²) in [7, 11) is 0. The van der Waals surface area contributed by atoms with Gasteiger partial charge in [0.1, 0.15) is 0 Å². The molecule has 1 aliphatic carbocycles. The largest absolute Gasteiger partial charge is 0.353 e. The first-order valence-electron chi connectivity index (χ1n) is 5.74. The summed E-state index contributed by atoms with van der Waals surface area (Å²) in [5, 5.41) is 6.56. The van der Waals surface area contributed by atoms with E-state index in [9.17, 15) is 4.79 Å². The molecule has 1 heterocycles. The molecule has 0 aromatic rings. The fourth-order valence-electron chi connectivity index (χ4n) is 2.71. The Morgan fingerprint density at radius 1 is 1.47 bits per heavy atom. The lowest BCUT2D eigenvalue weighted by Crippen LogP contribution is -2.41. The average molecular weight is 206 g/mol. The van der Waals surface area contributed by atoms with E-state index >= 15 is 0 Å². The molecule has 3 atom stereocenters. The molecule has 2 bridgehead atoms. The molecule has 3 heteroatoms. The van der Waals surface area contributed by atoms with Gasteiger partial charge in [-0.05, 0) is 31.7 Å². The highest BCUT2D eigenvalue weighted by atomic mass is 16.1. The van der Waals surface area contributed by atoms with E-state index in [0.29, 0.717) is 24.9 Å². The lowest BCUT2D eigenvalue weighted by molar-refractivity contribution is -0.121. The fourth-order valence-corrected chi connectivity index (χ4v) is 2.71. The number of hydrogen-bond donors (Lipinski definition) is 2. The van der Waals surface area contributed by atoms with Crippen LogP contribution < -0.4 is 10.6 Å². The summed E-state index contributed by atoms with van der Waals surface area (Å²) in [5.74, 6) is 3.37. The SMILES string of the molecule is C#CCCC(=O)NC1CC2CNC(C2)C1. The molecule has 3 unspecified atom stereocenters. The Bertz CT molecular complexity index is 270. The van der Waals surface area contributed by atoms with Crippen LogP contribution in [-0.2, 0) is 4.79 Å². The number of carbonyl (C=O) groups is 1. The molecular formula is C12H18N2O. The Balaban J connectivity index is 1.76. The Morgan fingerprint density at radius 2 is 2.33 bits per heavy atom. The van der Waals surface area contributed by atoms with Crippen LogP contribution in [0, 0.1) is 18.3 Å². The van der Waals surface area contributed by atoms with Gasteiger partial charge in [-0.25, -0.2) is 0 Å². The molecule has 1 saturated carbocycles. The molecule has 3 nitrogen and oxygen atoms in total. The van der Waals surface area contributed by atoms with Crippen molar-refractivity contribution in [3.05, 3.63) is 0 Å².